The summed E-state index contributed by atoms with van der Waals surface area (Å²) in [6.07, 6.45) is 13.7. The summed E-state index contributed by atoms with van der Waals surface area (Å²) in [5, 5.41) is 15.3. The summed E-state index contributed by atoms with van der Waals surface area (Å²) >= 11 is 5.35. The Bertz CT molecular complexity index is 622. The summed E-state index contributed by atoms with van der Waals surface area (Å²) in [6, 6.07) is 0.471. The molecule has 1 saturated carbocycles. The van der Waals surface area contributed by atoms with Crippen molar-refractivity contribution in [2.24, 2.45) is 0 Å². The fourth-order valence-electron chi connectivity index (χ4n) is 2.96. The minimum atomic E-state index is 0.471. The van der Waals surface area contributed by atoms with E-state index in [0.717, 1.165) is 30.1 Å². The molecule has 0 spiro atoms. The van der Waals surface area contributed by atoms with Gasteiger partial charge >= 0.3 is 0 Å². The molecule has 1 fully saturated rings. The fraction of sp³-hybridized carbons (Fsp3) is 0.600. The van der Waals surface area contributed by atoms with E-state index in [2.05, 4.69) is 30.8 Å². The third-order valence-corrected chi connectivity index (χ3v) is 4.42. The van der Waals surface area contributed by atoms with E-state index < -0.39 is 0 Å². The minimum Gasteiger partial charge on any atom is -0.333 e. The van der Waals surface area contributed by atoms with Crippen LogP contribution in [0, 0.1) is 0 Å². The predicted molar refractivity (Wildman–Crippen MR) is 91.1 cm³/mol. The van der Waals surface area contributed by atoms with E-state index in [9.17, 15) is 0 Å². The third-order valence-electron chi connectivity index (χ3n) is 4.12. The Balaban J connectivity index is 1.47. The lowest BCUT2D eigenvalue weighted by Crippen LogP contribution is -2.17. The molecule has 0 saturated heterocycles. The maximum absolute atomic E-state index is 5.35. The van der Waals surface area contributed by atoms with Crippen LogP contribution in [0.5, 0.6) is 0 Å². The van der Waals surface area contributed by atoms with Crippen LogP contribution in [0.4, 0.5) is 5.82 Å². The number of nitrogens with zero attached hydrogens (tertiary/aromatic N) is 6. The molecule has 23 heavy (non-hydrogen) atoms. The molecular formula is C15H21N7S. The Morgan fingerprint density at radius 2 is 2.13 bits per heavy atom. The van der Waals surface area contributed by atoms with Crippen molar-refractivity contribution in [1.82, 2.24) is 30.2 Å². The highest BCUT2D eigenvalue weighted by Gasteiger charge is 2.19. The van der Waals surface area contributed by atoms with E-state index in [-0.39, 0.29) is 0 Å². The molecule has 1 aliphatic rings. The number of anilines is 1. The summed E-state index contributed by atoms with van der Waals surface area (Å²) < 4.78 is 2.03. The lowest BCUT2D eigenvalue weighted by Gasteiger charge is -2.22. The predicted octanol–water partition coefficient (Wildman–Crippen LogP) is 2.73. The average molecular weight is 331 g/mol. The van der Waals surface area contributed by atoms with Gasteiger partial charge in [0.05, 0.1) is 17.2 Å². The SMILES string of the molecule is S=C(CCCc1nnnn1C1CCCCC1)Nc1cnccn1. The number of hydrogen-bond donors (Lipinski definition) is 1. The van der Waals surface area contributed by atoms with Crippen LogP contribution in [-0.4, -0.2) is 35.2 Å². The Kier molecular flexibility index (Phi) is 5.57. The third kappa shape index (κ3) is 4.51. The number of aryl methyl sites for hydroxylation is 1. The van der Waals surface area contributed by atoms with Crippen LogP contribution in [0.3, 0.4) is 0 Å². The van der Waals surface area contributed by atoms with Crippen molar-refractivity contribution in [2.75, 3.05) is 5.32 Å². The first-order chi connectivity index (χ1) is 11.3. The Hall–Kier alpha value is -1.96. The van der Waals surface area contributed by atoms with E-state index in [4.69, 9.17) is 12.2 Å². The summed E-state index contributed by atoms with van der Waals surface area (Å²) in [7, 11) is 0. The summed E-state index contributed by atoms with van der Waals surface area (Å²) in [5.74, 6) is 1.66. The molecule has 3 rings (SSSR count). The minimum absolute atomic E-state index is 0.471. The van der Waals surface area contributed by atoms with Crippen molar-refractivity contribution < 1.29 is 0 Å². The van der Waals surface area contributed by atoms with Crippen LogP contribution in [0.1, 0.15) is 56.8 Å². The first kappa shape index (κ1) is 15.9. The first-order valence-corrected chi connectivity index (χ1v) is 8.56. The zero-order chi connectivity index (χ0) is 15.9. The van der Waals surface area contributed by atoms with E-state index in [1.807, 2.05) is 4.68 Å². The van der Waals surface area contributed by atoms with Crippen molar-refractivity contribution in [3.63, 3.8) is 0 Å². The monoisotopic (exact) mass is 331 g/mol. The number of tetrazole rings is 1. The Morgan fingerprint density at radius 3 is 2.91 bits per heavy atom. The molecule has 0 unspecified atom stereocenters. The van der Waals surface area contributed by atoms with Gasteiger partial charge in [-0.25, -0.2) is 9.67 Å². The Morgan fingerprint density at radius 1 is 1.26 bits per heavy atom. The van der Waals surface area contributed by atoms with Gasteiger partial charge in [-0.1, -0.05) is 31.5 Å². The van der Waals surface area contributed by atoms with Gasteiger partial charge in [0.1, 0.15) is 5.82 Å². The second-order valence-electron chi connectivity index (χ2n) is 5.82. The highest BCUT2D eigenvalue weighted by atomic mass is 32.1. The number of aromatic nitrogens is 6. The van der Waals surface area contributed by atoms with E-state index >= 15 is 0 Å². The Labute approximate surface area is 140 Å². The highest BCUT2D eigenvalue weighted by molar-refractivity contribution is 7.80. The molecule has 1 N–H and O–H groups in total. The van der Waals surface area contributed by atoms with Crippen molar-refractivity contribution in [3.05, 3.63) is 24.4 Å². The molecule has 1 aliphatic carbocycles. The van der Waals surface area contributed by atoms with Crippen LogP contribution >= 0.6 is 12.2 Å². The molecule has 0 radical (unpaired) electrons. The number of rotatable bonds is 6. The van der Waals surface area contributed by atoms with Gasteiger partial charge in [-0.15, -0.1) is 5.10 Å². The molecule has 2 aromatic heterocycles. The van der Waals surface area contributed by atoms with E-state index in [0.29, 0.717) is 11.9 Å². The van der Waals surface area contributed by atoms with Gasteiger partial charge in [0.2, 0.25) is 0 Å². The highest BCUT2D eigenvalue weighted by Crippen LogP contribution is 2.28. The van der Waals surface area contributed by atoms with Gasteiger partial charge in [0.25, 0.3) is 0 Å². The zero-order valence-corrected chi connectivity index (χ0v) is 13.9. The second-order valence-corrected chi connectivity index (χ2v) is 6.32. The lowest BCUT2D eigenvalue weighted by molar-refractivity contribution is 0.316. The van der Waals surface area contributed by atoms with Gasteiger partial charge < -0.3 is 5.32 Å². The van der Waals surface area contributed by atoms with Crippen LogP contribution in [-0.2, 0) is 6.42 Å². The van der Waals surface area contributed by atoms with Gasteiger partial charge in [-0.3, -0.25) is 4.98 Å². The van der Waals surface area contributed by atoms with Crippen LogP contribution in [0.2, 0.25) is 0 Å². The topological polar surface area (TPSA) is 81.4 Å². The summed E-state index contributed by atoms with van der Waals surface area (Å²) in [6.45, 7) is 0. The molecule has 122 valence electrons. The number of hydrogen-bond acceptors (Lipinski definition) is 6. The first-order valence-electron chi connectivity index (χ1n) is 8.15. The van der Waals surface area contributed by atoms with E-state index in [1.165, 1.54) is 32.1 Å². The molecule has 0 atom stereocenters. The molecule has 0 aromatic carbocycles. The molecular weight excluding hydrogens is 310 g/mol. The second kappa shape index (κ2) is 8.05. The fourth-order valence-corrected chi connectivity index (χ4v) is 3.21. The summed E-state index contributed by atoms with van der Waals surface area (Å²) in [4.78, 5) is 8.93. The molecule has 0 bridgehead atoms. The average Bonchev–Trinajstić information content (AvgIpc) is 3.05. The van der Waals surface area contributed by atoms with Gasteiger partial charge in [0, 0.05) is 18.8 Å². The van der Waals surface area contributed by atoms with Crippen LogP contribution < -0.4 is 5.32 Å². The molecule has 0 amide bonds. The van der Waals surface area contributed by atoms with Crippen molar-refractivity contribution >= 4 is 23.0 Å². The van der Waals surface area contributed by atoms with Crippen molar-refractivity contribution in [1.29, 1.82) is 0 Å². The number of nitrogens with one attached hydrogen (secondary N) is 1. The number of thiocarbonyl (C=S) groups is 1. The molecule has 7 nitrogen and oxygen atoms in total. The van der Waals surface area contributed by atoms with E-state index in [1.54, 1.807) is 18.6 Å². The standard InChI is InChI=1S/C15H21N7S/c23-15(18-13-11-16-9-10-17-13)8-4-7-14-19-20-21-22(14)12-5-2-1-3-6-12/h9-12H,1-8H2,(H,17,18,23). The van der Waals surface area contributed by atoms with Crippen molar-refractivity contribution in [2.45, 2.75) is 57.4 Å². The molecule has 2 aromatic rings. The lowest BCUT2D eigenvalue weighted by atomic mass is 9.95. The largest absolute Gasteiger partial charge is 0.333 e. The van der Waals surface area contributed by atoms with Crippen LogP contribution in [0.15, 0.2) is 18.6 Å². The van der Waals surface area contributed by atoms with Crippen LogP contribution in [0.25, 0.3) is 0 Å². The molecule has 2 heterocycles. The molecule has 8 heteroatoms. The normalized spacial score (nSPS) is 15.5. The van der Waals surface area contributed by atoms with Gasteiger partial charge in [-0.2, -0.15) is 0 Å². The zero-order valence-electron chi connectivity index (χ0n) is 13.1. The van der Waals surface area contributed by atoms with Crippen molar-refractivity contribution in [3.8, 4) is 0 Å². The van der Waals surface area contributed by atoms with Gasteiger partial charge in [-0.05, 0) is 36.1 Å². The summed E-state index contributed by atoms with van der Waals surface area (Å²) in [5.41, 5.74) is 0. The maximum Gasteiger partial charge on any atom is 0.151 e. The quantitative estimate of drug-likeness (QED) is 0.815. The maximum atomic E-state index is 5.35. The van der Waals surface area contributed by atoms with Gasteiger partial charge in [0.15, 0.2) is 5.82 Å². The smallest absolute Gasteiger partial charge is 0.151 e. The molecule has 0 aliphatic heterocycles.